The van der Waals surface area contributed by atoms with Crippen LogP contribution in [0.25, 0.3) is 0 Å². The van der Waals surface area contributed by atoms with E-state index >= 15 is 0 Å². The smallest absolute Gasteiger partial charge is 0.363 e. The van der Waals surface area contributed by atoms with Crippen molar-refractivity contribution in [3.05, 3.63) is 102 Å². The SMILES string of the molecule is CC(c1ccc(OCc2ccccc2)cc1)N(OC(=O)c1ccccc1)C(N)=O. The Hall–Kier alpha value is -3.80. The van der Waals surface area contributed by atoms with E-state index in [9.17, 15) is 9.59 Å². The second kappa shape index (κ2) is 9.41. The minimum Gasteiger partial charge on any atom is -0.489 e. The van der Waals surface area contributed by atoms with Crippen molar-refractivity contribution in [2.75, 3.05) is 0 Å². The molecule has 0 aliphatic heterocycles. The molecule has 0 radical (unpaired) electrons. The maximum absolute atomic E-state index is 12.3. The van der Waals surface area contributed by atoms with Gasteiger partial charge in [0, 0.05) is 0 Å². The molecule has 0 aliphatic rings. The number of carbonyl (C=O) groups is 2. The Balaban J connectivity index is 1.65. The van der Waals surface area contributed by atoms with Crippen LogP contribution in [0.2, 0.25) is 0 Å². The van der Waals surface area contributed by atoms with Crippen LogP contribution in [-0.2, 0) is 11.4 Å². The van der Waals surface area contributed by atoms with Gasteiger partial charge in [-0.1, -0.05) is 60.7 Å². The molecule has 0 spiro atoms. The minimum atomic E-state index is -0.855. The molecule has 0 saturated carbocycles. The third kappa shape index (κ3) is 5.35. The number of hydrogen-bond donors (Lipinski definition) is 1. The number of primary amides is 1. The van der Waals surface area contributed by atoms with Crippen LogP contribution < -0.4 is 10.5 Å². The lowest BCUT2D eigenvalue weighted by Gasteiger charge is -2.26. The van der Waals surface area contributed by atoms with Gasteiger partial charge in [-0.3, -0.25) is 0 Å². The molecule has 6 nitrogen and oxygen atoms in total. The molecule has 29 heavy (non-hydrogen) atoms. The fourth-order valence-electron chi connectivity index (χ4n) is 2.75. The summed E-state index contributed by atoms with van der Waals surface area (Å²) in [7, 11) is 0. The number of hydrogen-bond acceptors (Lipinski definition) is 4. The zero-order valence-electron chi connectivity index (χ0n) is 16.0. The van der Waals surface area contributed by atoms with E-state index in [2.05, 4.69) is 0 Å². The number of rotatable bonds is 6. The Kier molecular flexibility index (Phi) is 6.47. The Morgan fingerprint density at radius 3 is 2.07 bits per heavy atom. The maximum Gasteiger partial charge on any atom is 0.363 e. The largest absolute Gasteiger partial charge is 0.489 e. The zero-order chi connectivity index (χ0) is 20.6. The standard InChI is InChI=1S/C23H22N2O4/c1-17(25(23(24)27)29-22(26)20-10-6-3-7-11-20)19-12-14-21(15-13-19)28-16-18-8-4-2-5-9-18/h2-15,17H,16H2,1H3,(H2,24,27). The van der Waals surface area contributed by atoms with Crippen LogP contribution in [-0.4, -0.2) is 17.1 Å². The lowest BCUT2D eigenvalue weighted by Crippen LogP contribution is -2.39. The lowest BCUT2D eigenvalue weighted by molar-refractivity contribution is -0.0935. The van der Waals surface area contributed by atoms with Crippen LogP contribution >= 0.6 is 0 Å². The highest BCUT2D eigenvalue weighted by molar-refractivity contribution is 5.90. The van der Waals surface area contributed by atoms with Gasteiger partial charge in [-0.25, -0.2) is 9.59 Å². The first-order valence-corrected chi connectivity index (χ1v) is 9.17. The van der Waals surface area contributed by atoms with Gasteiger partial charge in [-0.2, -0.15) is 0 Å². The molecule has 0 bridgehead atoms. The fourth-order valence-corrected chi connectivity index (χ4v) is 2.75. The molecule has 2 N–H and O–H groups in total. The third-order valence-electron chi connectivity index (χ3n) is 4.37. The van der Waals surface area contributed by atoms with Crippen molar-refractivity contribution in [1.29, 1.82) is 0 Å². The first-order chi connectivity index (χ1) is 14.0. The highest BCUT2D eigenvalue weighted by Gasteiger charge is 2.24. The van der Waals surface area contributed by atoms with E-state index in [0.717, 1.165) is 16.2 Å². The first-order valence-electron chi connectivity index (χ1n) is 9.17. The van der Waals surface area contributed by atoms with Gasteiger partial charge in [-0.05, 0) is 42.3 Å². The molecule has 0 heterocycles. The van der Waals surface area contributed by atoms with E-state index in [1.165, 1.54) is 0 Å². The summed E-state index contributed by atoms with van der Waals surface area (Å²) in [5.41, 5.74) is 7.57. The molecule has 2 amide bonds. The van der Waals surface area contributed by atoms with Gasteiger partial charge in [0.25, 0.3) is 0 Å². The van der Waals surface area contributed by atoms with E-state index in [1.54, 1.807) is 61.5 Å². The van der Waals surface area contributed by atoms with Crippen molar-refractivity contribution in [3.63, 3.8) is 0 Å². The summed E-state index contributed by atoms with van der Waals surface area (Å²) in [5.74, 6) is 0.0378. The van der Waals surface area contributed by atoms with E-state index < -0.39 is 18.0 Å². The number of urea groups is 1. The van der Waals surface area contributed by atoms with E-state index in [1.807, 2.05) is 30.3 Å². The van der Waals surface area contributed by atoms with Gasteiger partial charge in [0.15, 0.2) is 0 Å². The summed E-state index contributed by atoms with van der Waals surface area (Å²) >= 11 is 0. The molecule has 3 aromatic rings. The predicted molar refractivity (Wildman–Crippen MR) is 109 cm³/mol. The molecule has 0 aliphatic carbocycles. The highest BCUT2D eigenvalue weighted by atomic mass is 16.7. The maximum atomic E-state index is 12.3. The normalized spacial score (nSPS) is 11.3. The average molecular weight is 390 g/mol. The van der Waals surface area contributed by atoms with Gasteiger partial charge in [0.1, 0.15) is 12.4 Å². The fraction of sp³-hybridized carbons (Fsp3) is 0.130. The van der Waals surface area contributed by atoms with E-state index in [0.29, 0.717) is 17.9 Å². The summed E-state index contributed by atoms with van der Waals surface area (Å²) in [6.45, 7) is 2.18. The summed E-state index contributed by atoms with van der Waals surface area (Å²) in [5, 5.41) is 0.870. The number of nitrogens with two attached hydrogens (primary N) is 1. The Labute approximate surface area is 169 Å². The van der Waals surface area contributed by atoms with Crippen molar-refractivity contribution in [1.82, 2.24) is 5.06 Å². The number of nitrogens with zero attached hydrogens (tertiary/aromatic N) is 1. The van der Waals surface area contributed by atoms with Gasteiger partial charge in [-0.15, -0.1) is 5.06 Å². The van der Waals surface area contributed by atoms with Gasteiger partial charge >= 0.3 is 12.0 Å². The Morgan fingerprint density at radius 1 is 0.897 bits per heavy atom. The Morgan fingerprint density at radius 2 is 1.48 bits per heavy atom. The molecule has 3 rings (SSSR count). The molecular weight excluding hydrogens is 368 g/mol. The molecule has 3 aromatic carbocycles. The molecule has 148 valence electrons. The summed E-state index contributed by atoms with van der Waals surface area (Å²) < 4.78 is 5.77. The zero-order valence-corrected chi connectivity index (χ0v) is 16.0. The second-order valence-corrected chi connectivity index (χ2v) is 6.43. The summed E-state index contributed by atoms with van der Waals surface area (Å²) in [6.07, 6.45) is 0. The number of carbonyl (C=O) groups excluding carboxylic acids is 2. The summed E-state index contributed by atoms with van der Waals surface area (Å²) in [6, 6.07) is 24.0. The van der Waals surface area contributed by atoms with Crippen LogP contribution in [0.4, 0.5) is 4.79 Å². The van der Waals surface area contributed by atoms with Crippen molar-refractivity contribution < 1.29 is 19.2 Å². The van der Waals surface area contributed by atoms with Gasteiger partial charge < -0.3 is 15.3 Å². The van der Waals surface area contributed by atoms with Crippen molar-refractivity contribution in [3.8, 4) is 5.75 Å². The molecule has 0 fully saturated rings. The summed E-state index contributed by atoms with van der Waals surface area (Å²) in [4.78, 5) is 29.4. The lowest BCUT2D eigenvalue weighted by atomic mass is 10.1. The van der Waals surface area contributed by atoms with Gasteiger partial charge in [0.05, 0.1) is 11.6 Å². The molecule has 1 atom stereocenters. The molecular formula is C23H22N2O4. The quantitative estimate of drug-likeness (QED) is 0.629. The third-order valence-corrected chi connectivity index (χ3v) is 4.37. The van der Waals surface area contributed by atoms with Crippen LogP contribution in [0.1, 0.15) is 34.5 Å². The molecule has 0 saturated heterocycles. The Bertz CT molecular complexity index is 944. The number of amides is 2. The number of hydroxylamine groups is 2. The van der Waals surface area contributed by atoms with Crippen LogP contribution in [0.15, 0.2) is 84.9 Å². The molecule has 6 heteroatoms. The minimum absolute atomic E-state index is 0.329. The molecule has 0 aromatic heterocycles. The van der Waals surface area contributed by atoms with Crippen molar-refractivity contribution >= 4 is 12.0 Å². The van der Waals surface area contributed by atoms with Crippen LogP contribution in [0.5, 0.6) is 5.75 Å². The van der Waals surface area contributed by atoms with Crippen LogP contribution in [0.3, 0.4) is 0 Å². The topological polar surface area (TPSA) is 81.9 Å². The van der Waals surface area contributed by atoms with Crippen molar-refractivity contribution in [2.45, 2.75) is 19.6 Å². The molecule has 1 unspecified atom stereocenters. The van der Waals surface area contributed by atoms with Gasteiger partial charge in [0.2, 0.25) is 0 Å². The van der Waals surface area contributed by atoms with Crippen molar-refractivity contribution in [2.24, 2.45) is 5.73 Å². The highest BCUT2D eigenvalue weighted by Crippen LogP contribution is 2.24. The first kappa shape index (κ1) is 19.9. The van der Waals surface area contributed by atoms with E-state index in [4.69, 9.17) is 15.3 Å². The van der Waals surface area contributed by atoms with E-state index in [-0.39, 0.29) is 0 Å². The monoisotopic (exact) mass is 390 g/mol. The number of ether oxygens (including phenoxy) is 1. The predicted octanol–water partition coefficient (Wildman–Crippen LogP) is 4.48. The van der Waals surface area contributed by atoms with Crippen LogP contribution in [0, 0.1) is 0 Å². The number of benzene rings is 3. The second-order valence-electron chi connectivity index (χ2n) is 6.43. The average Bonchev–Trinajstić information content (AvgIpc) is 2.77.